The molecular weight excluding hydrogens is 387 g/mol. The standard InChI is InChI=1S/C21H19FN6O2/c1-10-19(26-11(2)25-10)13-5-17-21(28-9-24-27-20(13)28)23-6-14-15(22)3-4-16-18(14)12(7-29-16)8-30-17/h3-5,9,12,23H,6-8H2,1-2H3,(H,25,26)/t12-/m1/s1. The third-order valence-corrected chi connectivity index (χ3v) is 5.79. The number of imidazole rings is 1. The Hall–Kier alpha value is -3.62. The summed E-state index contributed by atoms with van der Waals surface area (Å²) in [6.45, 7) is 5.02. The fourth-order valence-corrected chi connectivity index (χ4v) is 4.44. The van der Waals surface area contributed by atoms with Crippen LogP contribution < -0.4 is 14.8 Å². The number of fused-ring (bicyclic) bond motifs is 3. The van der Waals surface area contributed by atoms with Crippen molar-refractivity contribution in [2.75, 3.05) is 18.5 Å². The van der Waals surface area contributed by atoms with Crippen molar-refractivity contribution in [3.63, 3.8) is 0 Å². The van der Waals surface area contributed by atoms with E-state index in [-0.39, 0.29) is 11.7 Å². The quantitative estimate of drug-likeness (QED) is 0.504. The van der Waals surface area contributed by atoms with Crippen molar-refractivity contribution in [2.24, 2.45) is 0 Å². The average molecular weight is 406 g/mol. The molecule has 30 heavy (non-hydrogen) atoms. The highest BCUT2D eigenvalue weighted by atomic mass is 19.1. The van der Waals surface area contributed by atoms with Gasteiger partial charge in [0.05, 0.1) is 30.5 Å². The molecule has 0 radical (unpaired) electrons. The summed E-state index contributed by atoms with van der Waals surface area (Å²) in [6, 6.07) is 5.09. The molecule has 0 fully saturated rings. The van der Waals surface area contributed by atoms with Crippen molar-refractivity contribution in [3.8, 4) is 22.8 Å². The first-order chi connectivity index (χ1) is 14.6. The summed E-state index contributed by atoms with van der Waals surface area (Å²) >= 11 is 0. The molecule has 2 N–H and O–H groups in total. The first-order valence-corrected chi connectivity index (χ1v) is 9.81. The van der Waals surface area contributed by atoms with Crippen molar-refractivity contribution < 1.29 is 13.9 Å². The summed E-state index contributed by atoms with van der Waals surface area (Å²) in [6.07, 6.45) is 1.63. The van der Waals surface area contributed by atoms with E-state index in [0.29, 0.717) is 42.5 Å². The summed E-state index contributed by atoms with van der Waals surface area (Å²) in [5.74, 6) is 2.60. The van der Waals surface area contributed by atoms with Crippen LogP contribution in [-0.2, 0) is 6.54 Å². The number of nitrogens with zero attached hydrogens (tertiary/aromatic N) is 4. The summed E-state index contributed by atoms with van der Waals surface area (Å²) in [7, 11) is 0. The Morgan fingerprint density at radius 1 is 1.17 bits per heavy atom. The molecule has 1 aromatic carbocycles. The summed E-state index contributed by atoms with van der Waals surface area (Å²) < 4.78 is 28.5. The zero-order valence-corrected chi connectivity index (χ0v) is 16.5. The number of nitrogens with one attached hydrogen (secondary N) is 2. The molecule has 6 rings (SSSR count). The van der Waals surface area contributed by atoms with Gasteiger partial charge in [-0.3, -0.25) is 4.40 Å². The highest BCUT2D eigenvalue weighted by Crippen LogP contribution is 2.41. The number of ether oxygens (including phenoxy) is 2. The minimum atomic E-state index is -0.250. The van der Waals surface area contributed by atoms with E-state index in [1.54, 1.807) is 12.4 Å². The molecule has 0 unspecified atom stereocenters. The largest absolute Gasteiger partial charge is 0.493 e. The van der Waals surface area contributed by atoms with Gasteiger partial charge in [0.2, 0.25) is 0 Å². The van der Waals surface area contributed by atoms with E-state index in [1.165, 1.54) is 6.07 Å². The number of halogens is 1. The predicted molar refractivity (Wildman–Crippen MR) is 108 cm³/mol. The first-order valence-electron chi connectivity index (χ1n) is 9.81. The third kappa shape index (κ3) is 2.41. The van der Waals surface area contributed by atoms with Gasteiger partial charge < -0.3 is 19.8 Å². The minimum absolute atomic E-state index is 0.0327. The second-order valence-electron chi connectivity index (χ2n) is 7.69. The van der Waals surface area contributed by atoms with E-state index in [2.05, 4.69) is 25.5 Å². The topological polar surface area (TPSA) is 89.4 Å². The smallest absolute Gasteiger partial charge is 0.171 e. The van der Waals surface area contributed by atoms with Crippen LogP contribution in [0.2, 0.25) is 0 Å². The Morgan fingerprint density at radius 3 is 2.80 bits per heavy atom. The summed E-state index contributed by atoms with van der Waals surface area (Å²) in [5.41, 5.74) is 4.75. The number of anilines is 1. The zero-order chi connectivity index (χ0) is 20.4. The Kier molecular flexibility index (Phi) is 3.56. The maximum Gasteiger partial charge on any atom is 0.171 e. The van der Waals surface area contributed by atoms with Crippen LogP contribution in [0.25, 0.3) is 16.9 Å². The average Bonchev–Trinajstić information content (AvgIpc) is 3.44. The molecule has 2 aliphatic heterocycles. The van der Waals surface area contributed by atoms with Crippen molar-refractivity contribution in [2.45, 2.75) is 26.3 Å². The van der Waals surface area contributed by atoms with Gasteiger partial charge in [-0.1, -0.05) is 0 Å². The monoisotopic (exact) mass is 406 g/mol. The van der Waals surface area contributed by atoms with Crippen molar-refractivity contribution in [3.05, 3.63) is 53.0 Å². The Bertz CT molecular complexity index is 1310. The van der Waals surface area contributed by atoms with Crippen LogP contribution in [0.4, 0.5) is 10.2 Å². The number of aryl methyl sites for hydroxylation is 2. The number of H-pyrrole nitrogens is 1. The molecule has 2 aliphatic rings. The van der Waals surface area contributed by atoms with Crippen LogP contribution in [0.5, 0.6) is 11.5 Å². The molecule has 3 aromatic heterocycles. The van der Waals surface area contributed by atoms with Gasteiger partial charge in [-0.15, -0.1) is 10.2 Å². The van der Waals surface area contributed by atoms with Crippen LogP contribution in [0, 0.1) is 19.7 Å². The Morgan fingerprint density at radius 2 is 2.00 bits per heavy atom. The molecule has 9 heteroatoms. The summed E-state index contributed by atoms with van der Waals surface area (Å²) in [5, 5.41) is 11.8. The highest BCUT2D eigenvalue weighted by Gasteiger charge is 2.31. The molecule has 0 saturated carbocycles. The fourth-order valence-electron chi connectivity index (χ4n) is 4.44. The summed E-state index contributed by atoms with van der Waals surface area (Å²) in [4.78, 5) is 7.78. The number of hydrogen-bond acceptors (Lipinski definition) is 6. The van der Waals surface area contributed by atoms with Crippen LogP contribution in [-0.4, -0.2) is 37.8 Å². The maximum atomic E-state index is 14.7. The van der Waals surface area contributed by atoms with Gasteiger partial charge in [0, 0.05) is 23.2 Å². The SMILES string of the molecule is Cc1nc(C)c(-c2cc3c(n4cnnc24)NCc2c(F)ccc4c2[C@H](CO4)CO3)[nH]1. The molecule has 0 saturated heterocycles. The van der Waals surface area contributed by atoms with Crippen LogP contribution in [0.15, 0.2) is 24.5 Å². The van der Waals surface area contributed by atoms with Gasteiger partial charge in [0.15, 0.2) is 17.2 Å². The van der Waals surface area contributed by atoms with E-state index < -0.39 is 0 Å². The number of aromatic amines is 1. The van der Waals surface area contributed by atoms with E-state index in [9.17, 15) is 4.39 Å². The molecule has 0 aliphatic carbocycles. The maximum absolute atomic E-state index is 14.7. The van der Waals surface area contributed by atoms with Crippen LogP contribution in [0.1, 0.15) is 28.6 Å². The second kappa shape index (κ2) is 6.19. The molecule has 0 bridgehead atoms. The highest BCUT2D eigenvalue weighted by molar-refractivity contribution is 5.81. The number of aromatic nitrogens is 5. The zero-order valence-electron chi connectivity index (χ0n) is 16.5. The lowest BCUT2D eigenvalue weighted by Crippen LogP contribution is -2.13. The van der Waals surface area contributed by atoms with Gasteiger partial charge in [-0.2, -0.15) is 0 Å². The predicted octanol–water partition coefficient (Wildman–Crippen LogP) is 3.36. The lowest BCUT2D eigenvalue weighted by Gasteiger charge is -2.16. The van der Waals surface area contributed by atoms with Gasteiger partial charge in [0.25, 0.3) is 0 Å². The minimum Gasteiger partial charge on any atom is -0.493 e. The number of pyridine rings is 1. The lowest BCUT2D eigenvalue weighted by atomic mass is 9.96. The van der Waals surface area contributed by atoms with Crippen molar-refractivity contribution in [1.82, 2.24) is 24.6 Å². The molecule has 152 valence electrons. The fraction of sp³-hybridized carbons (Fsp3) is 0.286. The molecule has 1 atom stereocenters. The van der Waals surface area contributed by atoms with Gasteiger partial charge in [-0.05, 0) is 32.0 Å². The number of rotatable bonds is 1. The van der Waals surface area contributed by atoms with E-state index in [0.717, 1.165) is 34.1 Å². The molecule has 0 amide bonds. The number of benzene rings is 1. The van der Waals surface area contributed by atoms with E-state index in [1.807, 2.05) is 24.3 Å². The third-order valence-electron chi connectivity index (χ3n) is 5.79. The second-order valence-corrected chi connectivity index (χ2v) is 7.69. The Balaban J connectivity index is 1.53. The molecule has 0 spiro atoms. The van der Waals surface area contributed by atoms with Crippen molar-refractivity contribution >= 4 is 11.5 Å². The molecule has 4 aromatic rings. The normalized spacial score (nSPS) is 17.2. The van der Waals surface area contributed by atoms with Crippen molar-refractivity contribution in [1.29, 1.82) is 0 Å². The molecule has 8 nitrogen and oxygen atoms in total. The molecular formula is C21H19FN6O2. The number of hydrogen-bond donors (Lipinski definition) is 2. The Labute approximate surface area is 171 Å². The van der Waals surface area contributed by atoms with Gasteiger partial charge in [0.1, 0.15) is 23.7 Å². The van der Waals surface area contributed by atoms with E-state index in [4.69, 9.17) is 9.47 Å². The van der Waals surface area contributed by atoms with Gasteiger partial charge >= 0.3 is 0 Å². The first kappa shape index (κ1) is 17.3. The van der Waals surface area contributed by atoms with Crippen LogP contribution in [0.3, 0.4) is 0 Å². The lowest BCUT2D eigenvalue weighted by molar-refractivity contribution is 0.249. The molecule has 5 heterocycles. The van der Waals surface area contributed by atoms with Gasteiger partial charge in [-0.25, -0.2) is 9.37 Å². The van der Waals surface area contributed by atoms with Crippen LogP contribution >= 0.6 is 0 Å². The van der Waals surface area contributed by atoms with E-state index >= 15 is 0 Å².